The fraction of sp³-hybridized carbons (Fsp3) is 1.00. The van der Waals surface area contributed by atoms with E-state index in [1.807, 2.05) is 0 Å². The summed E-state index contributed by atoms with van der Waals surface area (Å²) in [6.45, 7) is 9.60. The highest BCUT2D eigenvalue weighted by atomic mass is 14.9. The van der Waals surface area contributed by atoms with Crippen molar-refractivity contribution in [2.75, 3.05) is 45.8 Å². The molecule has 146 valence electrons. The molecule has 5 nitrogen and oxygen atoms in total. The molecule has 0 aromatic heterocycles. The molecule has 7 N–H and O–H groups in total. The summed E-state index contributed by atoms with van der Waals surface area (Å²) < 4.78 is 0. The van der Waals surface area contributed by atoms with Gasteiger partial charge in [-0.05, 0) is 58.3 Å². The molecule has 0 aliphatic heterocycles. The average Bonchev–Trinajstić information content (AvgIpc) is 2.60. The topological polar surface area (TPSA) is 88.1 Å². The molecule has 0 saturated heterocycles. The second-order valence-corrected chi connectivity index (χ2v) is 6.86. The van der Waals surface area contributed by atoms with Gasteiger partial charge in [0.25, 0.3) is 0 Å². The minimum absolute atomic E-state index is 0.183. The van der Waals surface area contributed by atoms with Crippen molar-refractivity contribution < 1.29 is 0 Å². The number of hydrogen-bond donors (Lipinski definition) is 5. The maximum absolute atomic E-state index is 5.79. The second-order valence-electron chi connectivity index (χ2n) is 6.86. The number of nitrogens with two attached hydrogens (primary N) is 2. The van der Waals surface area contributed by atoms with Gasteiger partial charge in [-0.2, -0.15) is 0 Å². The molecule has 1 unspecified atom stereocenters. The van der Waals surface area contributed by atoms with Gasteiger partial charge in [0.2, 0.25) is 0 Å². The summed E-state index contributed by atoms with van der Waals surface area (Å²) in [6.07, 6.45) is 12.7. The summed E-state index contributed by atoms with van der Waals surface area (Å²) in [4.78, 5) is 0. The van der Waals surface area contributed by atoms with Gasteiger partial charge in [0.1, 0.15) is 0 Å². The average molecular weight is 344 g/mol. The van der Waals surface area contributed by atoms with Crippen LogP contribution in [-0.4, -0.2) is 51.9 Å². The normalized spacial score (nSPS) is 12.6. The van der Waals surface area contributed by atoms with Gasteiger partial charge in [0.05, 0.1) is 0 Å². The molecule has 0 amide bonds. The zero-order chi connectivity index (χ0) is 17.7. The van der Waals surface area contributed by atoms with Crippen molar-refractivity contribution in [1.29, 1.82) is 0 Å². The van der Waals surface area contributed by atoms with Gasteiger partial charge in [-0.1, -0.05) is 39.0 Å². The van der Waals surface area contributed by atoms with Crippen molar-refractivity contribution in [3.05, 3.63) is 0 Å². The minimum Gasteiger partial charge on any atom is -0.329 e. The van der Waals surface area contributed by atoms with Crippen LogP contribution in [0.25, 0.3) is 0 Å². The Morgan fingerprint density at radius 3 is 1.58 bits per heavy atom. The van der Waals surface area contributed by atoms with E-state index in [0.717, 1.165) is 32.6 Å². The van der Waals surface area contributed by atoms with Gasteiger partial charge >= 0.3 is 0 Å². The summed E-state index contributed by atoms with van der Waals surface area (Å²) in [5, 5.41) is 10.5. The molecule has 1 atom stereocenters. The Labute approximate surface area is 151 Å². The van der Waals surface area contributed by atoms with E-state index in [0.29, 0.717) is 6.54 Å². The zero-order valence-corrected chi connectivity index (χ0v) is 16.3. The quantitative estimate of drug-likeness (QED) is 0.218. The maximum atomic E-state index is 5.79. The van der Waals surface area contributed by atoms with E-state index in [2.05, 4.69) is 22.9 Å². The minimum atomic E-state index is 0.183. The van der Waals surface area contributed by atoms with Crippen LogP contribution in [-0.2, 0) is 0 Å². The fourth-order valence-corrected chi connectivity index (χ4v) is 2.68. The molecule has 0 aliphatic rings. The third kappa shape index (κ3) is 19.8. The summed E-state index contributed by atoms with van der Waals surface area (Å²) in [7, 11) is 0. The van der Waals surface area contributed by atoms with Crippen molar-refractivity contribution in [2.45, 2.75) is 77.2 Å². The molecule has 0 bridgehead atoms. The van der Waals surface area contributed by atoms with Gasteiger partial charge < -0.3 is 27.4 Å². The van der Waals surface area contributed by atoms with Crippen molar-refractivity contribution in [2.24, 2.45) is 11.5 Å². The number of unbranched alkanes of at least 4 members (excludes halogenated alkanes) is 6. The molecule has 0 aromatic carbocycles. The monoisotopic (exact) mass is 343 g/mol. The standard InChI is InChI=1S/C19H45N5/c1-2-3-4-7-12-22-13-8-5-9-14-23-16-17-24-15-10-6-11-19(21)18-20/h19,22-24H,2-18,20-21H2,1H3. The van der Waals surface area contributed by atoms with Gasteiger partial charge in [-0.3, -0.25) is 0 Å². The summed E-state index contributed by atoms with van der Waals surface area (Å²) in [6, 6.07) is 0.183. The highest BCUT2D eigenvalue weighted by Gasteiger charge is 1.98. The van der Waals surface area contributed by atoms with Gasteiger partial charge in [0.15, 0.2) is 0 Å². The predicted molar refractivity (Wildman–Crippen MR) is 107 cm³/mol. The first kappa shape index (κ1) is 23.8. The third-order valence-corrected chi connectivity index (χ3v) is 4.37. The van der Waals surface area contributed by atoms with E-state index in [9.17, 15) is 0 Å². The lowest BCUT2D eigenvalue weighted by Crippen LogP contribution is -2.30. The first-order valence-corrected chi connectivity index (χ1v) is 10.4. The highest BCUT2D eigenvalue weighted by molar-refractivity contribution is 4.62. The van der Waals surface area contributed by atoms with E-state index in [1.54, 1.807) is 0 Å². The van der Waals surface area contributed by atoms with E-state index >= 15 is 0 Å². The summed E-state index contributed by atoms with van der Waals surface area (Å²) in [5.74, 6) is 0. The molecule has 0 fully saturated rings. The Morgan fingerprint density at radius 2 is 1.08 bits per heavy atom. The zero-order valence-electron chi connectivity index (χ0n) is 16.3. The van der Waals surface area contributed by atoms with Crippen LogP contribution >= 0.6 is 0 Å². The van der Waals surface area contributed by atoms with Crippen LogP contribution in [0.15, 0.2) is 0 Å². The van der Waals surface area contributed by atoms with Crippen LogP contribution in [0.2, 0.25) is 0 Å². The molecule has 0 radical (unpaired) electrons. The van der Waals surface area contributed by atoms with Crippen molar-refractivity contribution in [3.63, 3.8) is 0 Å². The van der Waals surface area contributed by atoms with Crippen molar-refractivity contribution >= 4 is 0 Å². The molecular weight excluding hydrogens is 298 g/mol. The Morgan fingerprint density at radius 1 is 0.625 bits per heavy atom. The highest BCUT2D eigenvalue weighted by Crippen LogP contribution is 1.98. The van der Waals surface area contributed by atoms with Gasteiger partial charge in [0, 0.05) is 25.7 Å². The van der Waals surface area contributed by atoms with Crippen molar-refractivity contribution in [1.82, 2.24) is 16.0 Å². The van der Waals surface area contributed by atoms with Crippen LogP contribution in [0.1, 0.15) is 71.1 Å². The molecule has 0 saturated carbocycles. The van der Waals surface area contributed by atoms with Crippen LogP contribution < -0.4 is 27.4 Å². The van der Waals surface area contributed by atoms with Crippen LogP contribution in [0, 0.1) is 0 Å². The molecule has 5 heteroatoms. The SMILES string of the molecule is CCCCCCNCCCCCNCCNCCCCC(N)CN. The molecular formula is C19H45N5. The Hall–Kier alpha value is -0.200. The van der Waals surface area contributed by atoms with Gasteiger partial charge in [-0.15, -0.1) is 0 Å². The summed E-state index contributed by atoms with van der Waals surface area (Å²) >= 11 is 0. The number of rotatable bonds is 20. The van der Waals surface area contributed by atoms with Crippen LogP contribution in [0.5, 0.6) is 0 Å². The van der Waals surface area contributed by atoms with E-state index in [4.69, 9.17) is 11.5 Å². The van der Waals surface area contributed by atoms with E-state index < -0.39 is 0 Å². The lowest BCUT2D eigenvalue weighted by molar-refractivity contribution is 0.529. The van der Waals surface area contributed by atoms with Crippen molar-refractivity contribution in [3.8, 4) is 0 Å². The lowest BCUT2D eigenvalue weighted by Gasteiger charge is -2.09. The molecule has 24 heavy (non-hydrogen) atoms. The second kappa shape index (κ2) is 20.8. The van der Waals surface area contributed by atoms with Crippen LogP contribution in [0.3, 0.4) is 0 Å². The number of hydrogen-bond acceptors (Lipinski definition) is 5. The summed E-state index contributed by atoms with van der Waals surface area (Å²) in [5.41, 5.74) is 11.3. The lowest BCUT2D eigenvalue weighted by atomic mass is 10.1. The largest absolute Gasteiger partial charge is 0.329 e. The first-order chi connectivity index (χ1) is 11.8. The van der Waals surface area contributed by atoms with E-state index in [-0.39, 0.29) is 6.04 Å². The Bertz CT molecular complexity index is 226. The smallest absolute Gasteiger partial charge is 0.0163 e. The van der Waals surface area contributed by atoms with Crippen LogP contribution in [0.4, 0.5) is 0 Å². The molecule has 0 rings (SSSR count). The van der Waals surface area contributed by atoms with E-state index in [1.165, 1.54) is 70.9 Å². The molecule has 0 aliphatic carbocycles. The Balaban J connectivity index is 2.98. The molecule has 0 heterocycles. The first-order valence-electron chi connectivity index (χ1n) is 10.4. The Kier molecular flexibility index (Phi) is 20.7. The third-order valence-electron chi connectivity index (χ3n) is 4.37. The van der Waals surface area contributed by atoms with Gasteiger partial charge in [-0.25, -0.2) is 0 Å². The fourth-order valence-electron chi connectivity index (χ4n) is 2.68. The molecule has 0 spiro atoms. The maximum Gasteiger partial charge on any atom is 0.0163 e. The predicted octanol–water partition coefficient (Wildman–Crippen LogP) is 1.96. The molecule has 0 aromatic rings. The number of nitrogens with one attached hydrogen (secondary N) is 3.